The molecular formula is C19H27N3O2. The molecule has 2 heterocycles. The molecule has 5 heteroatoms. The van der Waals surface area contributed by atoms with E-state index in [1.165, 1.54) is 0 Å². The Bertz CT molecular complexity index is 609. The number of amides is 2. The lowest BCUT2D eigenvalue weighted by atomic mass is 9.87. The van der Waals surface area contributed by atoms with Crippen molar-refractivity contribution in [2.24, 2.45) is 5.41 Å². The van der Waals surface area contributed by atoms with Gasteiger partial charge in [-0.3, -0.25) is 14.6 Å². The molecule has 130 valence electrons. The average Bonchev–Trinajstić information content (AvgIpc) is 2.54. The van der Waals surface area contributed by atoms with Crippen molar-refractivity contribution in [3.63, 3.8) is 0 Å². The molecule has 24 heavy (non-hydrogen) atoms. The van der Waals surface area contributed by atoms with E-state index in [4.69, 9.17) is 0 Å². The molecule has 0 unspecified atom stereocenters. The molecule has 1 saturated heterocycles. The lowest BCUT2D eigenvalue weighted by molar-refractivity contribution is -0.117. The monoisotopic (exact) mass is 329 g/mol. The van der Waals surface area contributed by atoms with Crippen LogP contribution in [0.2, 0.25) is 0 Å². The van der Waals surface area contributed by atoms with Gasteiger partial charge in [0.25, 0.3) is 5.91 Å². The third-order valence-corrected chi connectivity index (χ3v) is 4.57. The van der Waals surface area contributed by atoms with Crippen molar-refractivity contribution in [2.45, 2.75) is 46.6 Å². The van der Waals surface area contributed by atoms with E-state index in [2.05, 4.69) is 31.1 Å². The van der Waals surface area contributed by atoms with Crippen molar-refractivity contribution in [3.05, 3.63) is 41.7 Å². The Balaban J connectivity index is 1.85. The highest BCUT2D eigenvalue weighted by Gasteiger charge is 2.24. The number of hydrogen-bond acceptors (Lipinski definition) is 3. The molecule has 0 radical (unpaired) electrons. The molecular weight excluding hydrogens is 302 g/mol. The summed E-state index contributed by atoms with van der Waals surface area (Å²) in [5.74, 6) is -0.0317. The Morgan fingerprint density at radius 1 is 1.29 bits per heavy atom. The Kier molecular flexibility index (Phi) is 5.75. The van der Waals surface area contributed by atoms with Gasteiger partial charge in [-0.1, -0.05) is 26.3 Å². The molecule has 1 aliphatic heterocycles. The van der Waals surface area contributed by atoms with Crippen LogP contribution in [0.1, 0.15) is 50.9 Å². The number of hydrogen-bond donors (Lipinski definition) is 1. The summed E-state index contributed by atoms with van der Waals surface area (Å²) in [6.07, 6.45) is 6.50. The van der Waals surface area contributed by atoms with Gasteiger partial charge in [0.2, 0.25) is 5.91 Å². The summed E-state index contributed by atoms with van der Waals surface area (Å²) in [7, 11) is 0. The van der Waals surface area contributed by atoms with Gasteiger partial charge >= 0.3 is 0 Å². The van der Waals surface area contributed by atoms with E-state index in [0.29, 0.717) is 18.7 Å². The summed E-state index contributed by atoms with van der Waals surface area (Å²) in [6, 6.07) is 3.67. The molecule has 1 fully saturated rings. The lowest BCUT2D eigenvalue weighted by Crippen LogP contribution is -2.46. The number of carbonyl (C=O) groups excluding carboxylic acids is 2. The van der Waals surface area contributed by atoms with E-state index in [-0.39, 0.29) is 23.3 Å². The number of nitrogens with zero attached hydrogens (tertiary/aromatic N) is 2. The van der Waals surface area contributed by atoms with E-state index < -0.39 is 0 Å². The van der Waals surface area contributed by atoms with Gasteiger partial charge < -0.3 is 10.2 Å². The van der Waals surface area contributed by atoms with E-state index in [0.717, 1.165) is 18.4 Å². The molecule has 0 aromatic carbocycles. The van der Waals surface area contributed by atoms with Crippen LogP contribution in [0.15, 0.2) is 36.2 Å². The number of piperidine rings is 1. The molecule has 0 atom stereocenters. The maximum atomic E-state index is 12.4. The van der Waals surface area contributed by atoms with Crippen LogP contribution in [-0.2, 0) is 4.79 Å². The Labute approximate surface area is 144 Å². The minimum absolute atomic E-state index is 0.00313. The van der Waals surface area contributed by atoms with Crippen molar-refractivity contribution in [3.8, 4) is 0 Å². The van der Waals surface area contributed by atoms with Crippen LogP contribution in [0.5, 0.6) is 0 Å². The molecule has 1 aliphatic rings. The number of rotatable bonds is 3. The minimum Gasteiger partial charge on any atom is -0.350 e. The normalized spacial score (nSPS) is 16.8. The highest BCUT2D eigenvalue weighted by atomic mass is 16.2. The quantitative estimate of drug-likeness (QED) is 0.867. The molecule has 2 rings (SSSR count). The first-order chi connectivity index (χ1) is 11.3. The number of carbonyl (C=O) groups is 2. The highest BCUT2D eigenvalue weighted by molar-refractivity contribution is 5.94. The zero-order chi connectivity index (χ0) is 17.7. The van der Waals surface area contributed by atoms with E-state index in [1.54, 1.807) is 30.6 Å². The average molecular weight is 329 g/mol. The largest absolute Gasteiger partial charge is 0.350 e. The van der Waals surface area contributed by atoms with Gasteiger partial charge in [-0.25, -0.2) is 0 Å². The van der Waals surface area contributed by atoms with Gasteiger partial charge in [-0.2, -0.15) is 0 Å². The smallest absolute Gasteiger partial charge is 0.255 e. The van der Waals surface area contributed by atoms with Crippen molar-refractivity contribution >= 4 is 11.8 Å². The lowest BCUT2D eigenvalue weighted by Gasteiger charge is -2.32. The molecule has 5 nitrogen and oxygen atoms in total. The Hall–Kier alpha value is -2.17. The van der Waals surface area contributed by atoms with Crippen molar-refractivity contribution in [2.75, 3.05) is 13.1 Å². The van der Waals surface area contributed by atoms with Crippen LogP contribution in [0.25, 0.3) is 0 Å². The fourth-order valence-corrected chi connectivity index (χ4v) is 2.55. The molecule has 1 aromatic heterocycles. The minimum atomic E-state index is -0.0422. The first-order valence-corrected chi connectivity index (χ1v) is 8.46. The predicted molar refractivity (Wildman–Crippen MR) is 94.5 cm³/mol. The molecule has 1 N–H and O–H groups in total. The topological polar surface area (TPSA) is 62.3 Å². The molecule has 0 bridgehead atoms. The molecule has 0 spiro atoms. The van der Waals surface area contributed by atoms with Crippen LogP contribution in [0, 0.1) is 5.41 Å². The van der Waals surface area contributed by atoms with Gasteiger partial charge in [0.15, 0.2) is 0 Å². The van der Waals surface area contributed by atoms with Crippen LogP contribution in [0.4, 0.5) is 0 Å². The Morgan fingerprint density at radius 2 is 1.96 bits per heavy atom. The number of pyridine rings is 1. The maximum Gasteiger partial charge on any atom is 0.255 e. The Morgan fingerprint density at radius 3 is 2.50 bits per heavy atom. The zero-order valence-corrected chi connectivity index (χ0v) is 15.0. The standard InChI is InChI=1S/C19H27N3O2/c1-14(19(2,3)4)12-17(23)21-16-7-10-22(11-8-16)18(24)15-6-5-9-20-13-15/h5-6,9,12-13,16H,7-8,10-11H2,1-4H3,(H,21,23)/b14-12+. The number of aromatic nitrogens is 1. The number of allylic oxidation sites excluding steroid dienone is 1. The van der Waals surface area contributed by atoms with Gasteiger partial charge in [0.05, 0.1) is 5.56 Å². The van der Waals surface area contributed by atoms with Crippen molar-refractivity contribution in [1.29, 1.82) is 0 Å². The van der Waals surface area contributed by atoms with Gasteiger partial charge in [0.1, 0.15) is 0 Å². The maximum absolute atomic E-state index is 12.4. The summed E-state index contributed by atoms with van der Waals surface area (Å²) in [4.78, 5) is 30.3. The summed E-state index contributed by atoms with van der Waals surface area (Å²) < 4.78 is 0. The van der Waals surface area contributed by atoms with E-state index >= 15 is 0 Å². The second-order valence-electron chi connectivity index (χ2n) is 7.39. The van der Waals surface area contributed by atoms with Crippen molar-refractivity contribution in [1.82, 2.24) is 15.2 Å². The van der Waals surface area contributed by atoms with Crippen LogP contribution >= 0.6 is 0 Å². The fraction of sp³-hybridized carbons (Fsp3) is 0.526. The van der Waals surface area contributed by atoms with Crippen LogP contribution in [-0.4, -0.2) is 40.8 Å². The highest BCUT2D eigenvalue weighted by Crippen LogP contribution is 2.24. The van der Waals surface area contributed by atoms with E-state index in [1.807, 2.05) is 11.8 Å². The second-order valence-corrected chi connectivity index (χ2v) is 7.39. The van der Waals surface area contributed by atoms with Gasteiger partial charge in [-0.05, 0) is 37.3 Å². The summed E-state index contributed by atoms with van der Waals surface area (Å²) in [5, 5.41) is 3.06. The predicted octanol–water partition coefficient (Wildman–Crippen LogP) is 2.79. The SMILES string of the molecule is C/C(=C\C(=O)NC1CCN(C(=O)c2cccnc2)CC1)C(C)(C)C. The third-order valence-electron chi connectivity index (χ3n) is 4.57. The second kappa shape index (κ2) is 7.60. The number of likely N-dealkylation sites (tertiary alicyclic amines) is 1. The summed E-state index contributed by atoms with van der Waals surface area (Å²) in [6.45, 7) is 9.56. The molecule has 2 amide bonds. The first kappa shape index (κ1) is 18.2. The van der Waals surface area contributed by atoms with E-state index in [9.17, 15) is 9.59 Å². The van der Waals surface area contributed by atoms with Crippen molar-refractivity contribution < 1.29 is 9.59 Å². The number of nitrogens with one attached hydrogen (secondary N) is 1. The first-order valence-electron chi connectivity index (χ1n) is 8.46. The van der Waals surface area contributed by atoms with Crippen LogP contribution < -0.4 is 5.32 Å². The third kappa shape index (κ3) is 4.91. The zero-order valence-electron chi connectivity index (χ0n) is 15.0. The molecule has 0 aliphatic carbocycles. The molecule has 1 aromatic rings. The van der Waals surface area contributed by atoms with Gasteiger partial charge in [0, 0.05) is 37.6 Å². The van der Waals surface area contributed by atoms with Gasteiger partial charge in [-0.15, -0.1) is 0 Å². The summed E-state index contributed by atoms with van der Waals surface area (Å²) in [5.41, 5.74) is 1.67. The molecule has 0 saturated carbocycles. The fourth-order valence-electron chi connectivity index (χ4n) is 2.55. The summed E-state index contributed by atoms with van der Waals surface area (Å²) >= 11 is 0. The van der Waals surface area contributed by atoms with Crippen LogP contribution in [0.3, 0.4) is 0 Å².